The lowest BCUT2D eigenvalue weighted by Crippen LogP contribution is -2.53. The molecule has 4 rings (SSSR count). The highest BCUT2D eigenvalue weighted by molar-refractivity contribution is 5.88. The summed E-state index contributed by atoms with van der Waals surface area (Å²) >= 11 is 0. The third-order valence-corrected chi connectivity index (χ3v) is 6.21. The van der Waals surface area contributed by atoms with Crippen LogP contribution in [0.4, 0.5) is 4.79 Å². The van der Waals surface area contributed by atoms with Crippen molar-refractivity contribution in [3.05, 3.63) is 48.0 Å². The zero-order chi connectivity index (χ0) is 23.4. The lowest BCUT2D eigenvalue weighted by atomic mass is 10.0. The first-order valence-electron chi connectivity index (χ1n) is 11.0. The van der Waals surface area contributed by atoms with Crippen molar-refractivity contribution in [1.82, 2.24) is 15.1 Å². The summed E-state index contributed by atoms with van der Waals surface area (Å²) in [6, 6.07) is 12.9. The number of rotatable bonds is 6. The average Bonchev–Trinajstić information content (AvgIpc) is 3.23. The lowest BCUT2D eigenvalue weighted by Gasteiger charge is -2.37. The minimum atomic E-state index is -0.746. The summed E-state index contributed by atoms with van der Waals surface area (Å²) < 4.78 is 9.79. The highest BCUT2D eigenvalue weighted by Gasteiger charge is 2.44. The minimum Gasteiger partial charge on any atom is -0.467 e. The van der Waals surface area contributed by atoms with Crippen LogP contribution in [-0.4, -0.2) is 79.1 Å². The van der Waals surface area contributed by atoms with Crippen molar-refractivity contribution >= 4 is 34.6 Å². The number of nitrogens with zero attached hydrogens (tertiary/aromatic N) is 2. The van der Waals surface area contributed by atoms with Crippen molar-refractivity contribution in [3.8, 4) is 0 Å². The number of fused-ring (bicyclic) bond motifs is 1. The number of likely N-dealkylation sites (tertiary alicyclic amines) is 1. The van der Waals surface area contributed by atoms with Crippen molar-refractivity contribution < 1.29 is 28.7 Å². The number of cyclic esters (lactones) is 1. The fourth-order valence-electron chi connectivity index (χ4n) is 4.43. The smallest absolute Gasteiger partial charge is 0.410 e. The van der Waals surface area contributed by atoms with E-state index < -0.39 is 18.1 Å². The van der Waals surface area contributed by atoms with Gasteiger partial charge in [-0.1, -0.05) is 42.5 Å². The molecule has 9 nitrogen and oxygen atoms in total. The molecule has 2 aromatic carbocycles. The molecular formula is C24H27N3O6. The second-order valence-electron chi connectivity index (χ2n) is 8.27. The van der Waals surface area contributed by atoms with Crippen LogP contribution in [0.25, 0.3) is 10.8 Å². The van der Waals surface area contributed by atoms with Gasteiger partial charge in [-0.15, -0.1) is 0 Å². The lowest BCUT2D eigenvalue weighted by molar-refractivity contribution is -0.146. The molecule has 2 fully saturated rings. The molecule has 0 spiro atoms. The van der Waals surface area contributed by atoms with Gasteiger partial charge in [0.1, 0.15) is 6.61 Å². The van der Waals surface area contributed by atoms with Gasteiger partial charge in [-0.05, 0) is 29.2 Å². The fourth-order valence-corrected chi connectivity index (χ4v) is 4.43. The maximum absolute atomic E-state index is 12.6. The van der Waals surface area contributed by atoms with Gasteiger partial charge in [0, 0.05) is 19.1 Å². The summed E-state index contributed by atoms with van der Waals surface area (Å²) in [7, 11) is 1.28. The molecule has 0 aliphatic carbocycles. The van der Waals surface area contributed by atoms with Crippen LogP contribution in [0.15, 0.2) is 42.5 Å². The normalized spacial score (nSPS) is 18.8. The third kappa shape index (κ3) is 5.08. The molecule has 3 amide bonds. The van der Waals surface area contributed by atoms with E-state index in [1.54, 1.807) is 4.90 Å². The van der Waals surface area contributed by atoms with E-state index in [2.05, 4.69) is 5.32 Å². The molecule has 2 aliphatic rings. The Balaban J connectivity index is 1.24. The van der Waals surface area contributed by atoms with Crippen molar-refractivity contribution in [3.63, 3.8) is 0 Å². The van der Waals surface area contributed by atoms with E-state index >= 15 is 0 Å². The predicted molar refractivity (Wildman–Crippen MR) is 119 cm³/mol. The molecule has 0 saturated carbocycles. The van der Waals surface area contributed by atoms with Crippen LogP contribution >= 0.6 is 0 Å². The summed E-state index contributed by atoms with van der Waals surface area (Å²) in [5, 5.41) is 4.88. The maximum Gasteiger partial charge on any atom is 0.410 e. The summed E-state index contributed by atoms with van der Waals surface area (Å²) in [6.07, 6.45) is 0.724. The molecule has 2 heterocycles. The Morgan fingerprint density at radius 3 is 2.55 bits per heavy atom. The van der Waals surface area contributed by atoms with Crippen LogP contribution in [0.5, 0.6) is 0 Å². The van der Waals surface area contributed by atoms with Gasteiger partial charge in [0.05, 0.1) is 20.1 Å². The van der Waals surface area contributed by atoms with Gasteiger partial charge in [0.2, 0.25) is 11.8 Å². The summed E-state index contributed by atoms with van der Waals surface area (Å²) in [5.74, 6) is -0.892. The Morgan fingerprint density at radius 2 is 1.82 bits per heavy atom. The molecule has 0 radical (unpaired) electrons. The molecule has 2 aliphatic heterocycles. The van der Waals surface area contributed by atoms with Crippen LogP contribution < -0.4 is 5.32 Å². The molecule has 9 heteroatoms. The molecule has 1 N–H and O–H groups in total. The van der Waals surface area contributed by atoms with E-state index in [1.165, 1.54) is 12.0 Å². The Kier molecular flexibility index (Phi) is 6.76. The number of benzene rings is 2. The number of carbonyl (C=O) groups is 4. The molecule has 2 saturated heterocycles. The SMILES string of the molecule is COC(=O)C1COC(=O)N1C1CCN(C(=O)CNC(=O)Cc2ccc3ccccc3c2)CC1. The zero-order valence-corrected chi connectivity index (χ0v) is 18.5. The predicted octanol–water partition coefficient (Wildman–Crippen LogP) is 1.48. The number of hydrogen-bond donors (Lipinski definition) is 1. The molecule has 1 atom stereocenters. The van der Waals surface area contributed by atoms with Crippen LogP contribution in [-0.2, 0) is 30.3 Å². The van der Waals surface area contributed by atoms with Crippen LogP contribution in [0.1, 0.15) is 18.4 Å². The average molecular weight is 453 g/mol. The van der Waals surface area contributed by atoms with E-state index in [1.807, 2.05) is 42.5 Å². The largest absolute Gasteiger partial charge is 0.467 e. The van der Waals surface area contributed by atoms with E-state index in [0.717, 1.165) is 16.3 Å². The molecule has 33 heavy (non-hydrogen) atoms. The second kappa shape index (κ2) is 9.89. The number of piperidine rings is 1. The molecule has 2 aromatic rings. The number of methoxy groups -OCH3 is 1. The van der Waals surface area contributed by atoms with Gasteiger partial charge >= 0.3 is 12.1 Å². The molecule has 174 valence electrons. The Hall–Kier alpha value is -3.62. The van der Waals surface area contributed by atoms with Gasteiger partial charge in [0.25, 0.3) is 0 Å². The van der Waals surface area contributed by atoms with E-state index in [9.17, 15) is 19.2 Å². The molecule has 0 bridgehead atoms. The van der Waals surface area contributed by atoms with E-state index in [-0.39, 0.29) is 37.4 Å². The van der Waals surface area contributed by atoms with Gasteiger partial charge in [0.15, 0.2) is 6.04 Å². The number of esters is 1. The number of carbonyl (C=O) groups excluding carboxylic acids is 4. The number of nitrogens with one attached hydrogen (secondary N) is 1. The fraction of sp³-hybridized carbons (Fsp3) is 0.417. The number of ether oxygens (including phenoxy) is 2. The molecular weight excluding hydrogens is 426 g/mol. The van der Waals surface area contributed by atoms with E-state index in [4.69, 9.17) is 9.47 Å². The van der Waals surface area contributed by atoms with Crippen LogP contribution in [0.3, 0.4) is 0 Å². The molecule has 1 unspecified atom stereocenters. The highest BCUT2D eigenvalue weighted by Crippen LogP contribution is 2.24. The van der Waals surface area contributed by atoms with Crippen molar-refractivity contribution in [2.24, 2.45) is 0 Å². The van der Waals surface area contributed by atoms with Crippen molar-refractivity contribution in [2.45, 2.75) is 31.3 Å². The summed E-state index contributed by atoms with van der Waals surface area (Å²) in [4.78, 5) is 52.0. The van der Waals surface area contributed by atoms with Gasteiger partial charge in [-0.2, -0.15) is 0 Å². The Bertz CT molecular complexity index is 1060. The van der Waals surface area contributed by atoms with Crippen molar-refractivity contribution in [2.75, 3.05) is 33.4 Å². The highest BCUT2D eigenvalue weighted by atomic mass is 16.6. The minimum absolute atomic E-state index is 0.0199. The number of hydrogen-bond acceptors (Lipinski definition) is 6. The third-order valence-electron chi connectivity index (χ3n) is 6.21. The van der Waals surface area contributed by atoms with Crippen LogP contribution in [0.2, 0.25) is 0 Å². The van der Waals surface area contributed by atoms with Crippen LogP contribution in [0, 0.1) is 0 Å². The topological polar surface area (TPSA) is 105 Å². The summed E-state index contributed by atoms with van der Waals surface area (Å²) in [6.45, 7) is 0.769. The second-order valence-corrected chi connectivity index (χ2v) is 8.27. The number of amides is 3. The van der Waals surface area contributed by atoms with Gasteiger partial charge in [-0.3, -0.25) is 14.5 Å². The van der Waals surface area contributed by atoms with Crippen molar-refractivity contribution in [1.29, 1.82) is 0 Å². The Morgan fingerprint density at radius 1 is 1.09 bits per heavy atom. The van der Waals surface area contributed by atoms with E-state index in [0.29, 0.717) is 25.9 Å². The molecule has 0 aromatic heterocycles. The zero-order valence-electron chi connectivity index (χ0n) is 18.5. The van der Waals surface area contributed by atoms with Gasteiger partial charge in [-0.25, -0.2) is 9.59 Å². The Labute approximate surface area is 191 Å². The quantitative estimate of drug-likeness (QED) is 0.665. The first-order valence-corrected chi connectivity index (χ1v) is 11.0. The maximum atomic E-state index is 12.6. The first-order chi connectivity index (χ1) is 16.0. The monoisotopic (exact) mass is 453 g/mol. The first kappa shape index (κ1) is 22.6. The summed E-state index contributed by atoms with van der Waals surface area (Å²) in [5.41, 5.74) is 0.886. The van der Waals surface area contributed by atoms with Gasteiger partial charge < -0.3 is 19.7 Å². The standard InChI is InChI=1S/C24H27N3O6/c1-32-23(30)20-15-33-24(31)27(20)19-8-10-26(11-9-19)22(29)14-25-21(28)13-16-6-7-17-4-2-3-5-18(17)12-16/h2-7,12,19-20H,8-11,13-15H2,1H3,(H,25,28).